The molecule has 1 aromatic carbocycles. The largest absolute Gasteiger partial charge is 0.459 e. The Labute approximate surface area is 182 Å². The van der Waals surface area contributed by atoms with Crippen molar-refractivity contribution in [3.8, 4) is 0 Å². The van der Waals surface area contributed by atoms with Crippen LogP contribution in [-0.2, 0) is 24.9 Å². The van der Waals surface area contributed by atoms with E-state index in [4.69, 9.17) is 14.1 Å². The lowest BCUT2D eigenvalue weighted by Gasteiger charge is -2.26. The molecule has 0 atom stereocenters. The number of morpholine rings is 1. The Morgan fingerprint density at radius 1 is 1.13 bits per heavy atom. The second-order valence-electron chi connectivity index (χ2n) is 7.77. The van der Waals surface area contributed by atoms with Crippen molar-refractivity contribution in [2.75, 3.05) is 39.4 Å². The molecule has 1 saturated heterocycles. The van der Waals surface area contributed by atoms with Gasteiger partial charge in [0.05, 0.1) is 19.8 Å². The quantitative estimate of drug-likeness (QED) is 0.440. The molecule has 9 heteroatoms. The monoisotopic (exact) mass is 425 g/mol. The summed E-state index contributed by atoms with van der Waals surface area (Å²) in [4.78, 5) is 7.13. The number of hydrogen-bond donors (Lipinski definition) is 2. The van der Waals surface area contributed by atoms with Gasteiger partial charge in [0.15, 0.2) is 11.8 Å². The summed E-state index contributed by atoms with van der Waals surface area (Å²) < 4.78 is 13.4. The van der Waals surface area contributed by atoms with Crippen molar-refractivity contribution in [2.24, 2.45) is 12.0 Å². The zero-order chi connectivity index (χ0) is 21.6. The van der Waals surface area contributed by atoms with Crippen molar-refractivity contribution in [1.29, 1.82) is 0 Å². The zero-order valence-electron chi connectivity index (χ0n) is 18.5. The number of nitrogens with one attached hydrogen (secondary N) is 2. The molecule has 0 unspecified atom stereocenters. The number of aromatic nitrogens is 3. The Kier molecular flexibility index (Phi) is 6.83. The van der Waals surface area contributed by atoms with Gasteiger partial charge in [0.25, 0.3) is 0 Å². The summed E-state index contributed by atoms with van der Waals surface area (Å²) in [6.07, 6.45) is 0. The molecule has 1 fully saturated rings. The number of aliphatic imine (C=N–C) groups is 1. The normalized spacial score (nSPS) is 15.5. The van der Waals surface area contributed by atoms with Gasteiger partial charge in [0.1, 0.15) is 23.7 Å². The number of aryl methyl sites for hydroxylation is 2. The molecule has 4 rings (SSSR count). The number of ether oxygens (including phenoxy) is 1. The summed E-state index contributed by atoms with van der Waals surface area (Å²) in [5.74, 6) is 3.34. The highest BCUT2D eigenvalue weighted by molar-refractivity contribution is 5.83. The molecule has 0 aliphatic carbocycles. The Morgan fingerprint density at radius 3 is 2.68 bits per heavy atom. The number of hydrogen-bond acceptors (Lipinski definition) is 6. The SMILES string of the molecule is Cc1c(CNC(=NCc2nnc(C)n2C)NCCN2CCOCC2)oc2ccccc12. The minimum atomic E-state index is 0.448. The second kappa shape index (κ2) is 9.93. The van der Waals surface area contributed by atoms with Crippen LogP contribution in [0, 0.1) is 13.8 Å². The highest BCUT2D eigenvalue weighted by Crippen LogP contribution is 2.24. The third-order valence-corrected chi connectivity index (χ3v) is 5.74. The average Bonchev–Trinajstić information content (AvgIpc) is 3.29. The second-order valence-corrected chi connectivity index (χ2v) is 7.77. The number of guanidine groups is 1. The first kappa shape index (κ1) is 21.3. The molecule has 2 aromatic heterocycles. The van der Waals surface area contributed by atoms with E-state index in [1.165, 1.54) is 0 Å². The van der Waals surface area contributed by atoms with Crippen LogP contribution in [0.15, 0.2) is 33.7 Å². The highest BCUT2D eigenvalue weighted by atomic mass is 16.5. The summed E-state index contributed by atoms with van der Waals surface area (Å²) in [6, 6.07) is 8.11. The minimum absolute atomic E-state index is 0.448. The molecule has 166 valence electrons. The minimum Gasteiger partial charge on any atom is -0.459 e. The van der Waals surface area contributed by atoms with Gasteiger partial charge in [-0.25, -0.2) is 4.99 Å². The van der Waals surface area contributed by atoms with Crippen molar-refractivity contribution < 1.29 is 9.15 Å². The van der Waals surface area contributed by atoms with Gasteiger partial charge in [0, 0.05) is 44.2 Å². The van der Waals surface area contributed by atoms with E-state index in [0.29, 0.717) is 13.1 Å². The predicted molar refractivity (Wildman–Crippen MR) is 120 cm³/mol. The van der Waals surface area contributed by atoms with Gasteiger partial charge in [-0.3, -0.25) is 4.90 Å². The Balaban J connectivity index is 1.42. The molecule has 0 bridgehead atoms. The van der Waals surface area contributed by atoms with Gasteiger partial charge in [-0.2, -0.15) is 0 Å². The van der Waals surface area contributed by atoms with E-state index in [1.807, 2.05) is 36.7 Å². The standard InChI is InChI=1S/C22H31N7O2/c1-16-18-6-4-5-7-19(18)31-20(16)14-24-22(23-8-9-29-10-12-30-13-11-29)25-15-21-27-26-17(2)28(21)3/h4-7H,8-15H2,1-3H3,(H2,23,24,25). The molecule has 0 radical (unpaired) electrons. The van der Waals surface area contributed by atoms with Crippen molar-refractivity contribution in [1.82, 2.24) is 30.3 Å². The van der Waals surface area contributed by atoms with E-state index in [2.05, 4.69) is 38.7 Å². The van der Waals surface area contributed by atoms with E-state index >= 15 is 0 Å². The van der Waals surface area contributed by atoms with Crippen LogP contribution in [0.4, 0.5) is 0 Å². The zero-order valence-corrected chi connectivity index (χ0v) is 18.5. The van der Waals surface area contributed by atoms with Crippen molar-refractivity contribution in [3.05, 3.63) is 47.2 Å². The fraction of sp³-hybridized carbons (Fsp3) is 0.500. The molecule has 31 heavy (non-hydrogen) atoms. The van der Waals surface area contributed by atoms with E-state index < -0.39 is 0 Å². The van der Waals surface area contributed by atoms with Crippen LogP contribution in [0.5, 0.6) is 0 Å². The van der Waals surface area contributed by atoms with Crippen molar-refractivity contribution in [3.63, 3.8) is 0 Å². The summed E-state index contributed by atoms with van der Waals surface area (Å²) in [6.45, 7) is 10.3. The van der Waals surface area contributed by atoms with Crippen molar-refractivity contribution in [2.45, 2.75) is 26.9 Å². The number of fused-ring (bicyclic) bond motifs is 1. The van der Waals surface area contributed by atoms with Crippen LogP contribution in [-0.4, -0.2) is 65.0 Å². The van der Waals surface area contributed by atoms with Gasteiger partial charge in [-0.15, -0.1) is 10.2 Å². The Bertz CT molecular complexity index is 1030. The summed E-state index contributed by atoms with van der Waals surface area (Å²) in [5.41, 5.74) is 2.06. The number of para-hydroxylation sites is 1. The highest BCUT2D eigenvalue weighted by Gasteiger charge is 2.13. The van der Waals surface area contributed by atoms with E-state index in [9.17, 15) is 0 Å². The molecule has 3 heterocycles. The summed E-state index contributed by atoms with van der Waals surface area (Å²) in [5, 5.41) is 16.3. The molecule has 9 nitrogen and oxygen atoms in total. The first-order valence-corrected chi connectivity index (χ1v) is 10.8. The average molecular weight is 426 g/mol. The van der Waals surface area contributed by atoms with E-state index in [-0.39, 0.29) is 0 Å². The first-order valence-electron chi connectivity index (χ1n) is 10.8. The molecule has 0 amide bonds. The maximum Gasteiger partial charge on any atom is 0.192 e. The molecule has 2 N–H and O–H groups in total. The van der Waals surface area contributed by atoms with Crippen LogP contribution < -0.4 is 10.6 Å². The van der Waals surface area contributed by atoms with E-state index in [0.717, 1.165) is 79.3 Å². The van der Waals surface area contributed by atoms with Gasteiger partial charge >= 0.3 is 0 Å². The molecule has 1 aliphatic rings. The van der Waals surface area contributed by atoms with Crippen LogP contribution in [0.1, 0.15) is 23.0 Å². The lowest BCUT2D eigenvalue weighted by Crippen LogP contribution is -2.44. The van der Waals surface area contributed by atoms with Gasteiger partial charge in [0.2, 0.25) is 0 Å². The first-order chi connectivity index (χ1) is 15.1. The van der Waals surface area contributed by atoms with Gasteiger partial charge < -0.3 is 24.4 Å². The number of furan rings is 1. The van der Waals surface area contributed by atoms with Crippen LogP contribution in [0.2, 0.25) is 0 Å². The van der Waals surface area contributed by atoms with Gasteiger partial charge in [-0.05, 0) is 19.9 Å². The maximum absolute atomic E-state index is 6.04. The molecule has 1 aliphatic heterocycles. The van der Waals surface area contributed by atoms with Crippen LogP contribution in [0.25, 0.3) is 11.0 Å². The predicted octanol–water partition coefficient (Wildman–Crippen LogP) is 1.75. The fourth-order valence-corrected chi connectivity index (χ4v) is 3.63. The topological polar surface area (TPSA) is 92.7 Å². The molecular weight excluding hydrogens is 394 g/mol. The molecule has 0 saturated carbocycles. The number of rotatable bonds is 7. The maximum atomic E-state index is 6.04. The molecular formula is C22H31N7O2. The molecule has 3 aromatic rings. The van der Waals surface area contributed by atoms with Crippen LogP contribution >= 0.6 is 0 Å². The third kappa shape index (κ3) is 5.23. The van der Waals surface area contributed by atoms with Crippen LogP contribution in [0.3, 0.4) is 0 Å². The molecule has 0 spiro atoms. The lowest BCUT2D eigenvalue weighted by atomic mass is 10.1. The van der Waals surface area contributed by atoms with Crippen molar-refractivity contribution >= 4 is 16.9 Å². The summed E-state index contributed by atoms with van der Waals surface area (Å²) in [7, 11) is 1.96. The van der Waals surface area contributed by atoms with E-state index in [1.54, 1.807) is 0 Å². The Hall–Kier alpha value is -2.91. The lowest BCUT2D eigenvalue weighted by molar-refractivity contribution is 0.0389. The number of nitrogens with zero attached hydrogens (tertiary/aromatic N) is 5. The third-order valence-electron chi connectivity index (χ3n) is 5.74. The summed E-state index contributed by atoms with van der Waals surface area (Å²) >= 11 is 0. The van der Waals surface area contributed by atoms with Gasteiger partial charge in [-0.1, -0.05) is 18.2 Å². The smallest absolute Gasteiger partial charge is 0.192 e. The fourth-order valence-electron chi connectivity index (χ4n) is 3.63. The Morgan fingerprint density at radius 2 is 1.94 bits per heavy atom. The number of benzene rings is 1.